The maximum absolute atomic E-state index is 12.9. The molecule has 0 N–H and O–H groups in total. The highest BCUT2D eigenvalue weighted by Crippen LogP contribution is 2.38. The molecule has 3 rings (SSSR count). The topological polar surface area (TPSA) is 55.8 Å². The molecule has 1 aliphatic carbocycles. The Morgan fingerprint density at radius 1 is 1.19 bits per heavy atom. The smallest absolute Gasteiger partial charge is 0.413 e. The zero-order valence-electron chi connectivity index (χ0n) is 15.9. The van der Waals surface area contributed by atoms with Crippen molar-refractivity contribution in [1.29, 1.82) is 0 Å². The van der Waals surface area contributed by atoms with Crippen LogP contribution in [0.4, 0.5) is 4.79 Å². The zero-order valence-corrected chi connectivity index (χ0v) is 15.9. The van der Waals surface area contributed by atoms with Gasteiger partial charge in [-0.05, 0) is 17.9 Å². The van der Waals surface area contributed by atoms with Crippen LogP contribution in [0, 0.1) is 11.3 Å². The molecule has 1 heterocycles. The van der Waals surface area contributed by atoms with Gasteiger partial charge in [-0.25, -0.2) is 9.59 Å². The average Bonchev–Trinajstić information content (AvgIpc) is 3.22. The van der Waals surface area contributed by atoms with Crippen LogP contribution in [-0.2, 0) is 20.9 Å². The first-order valence-electron chi connectivity index (χ1n) is 9.56. The van der Waals surface area contributed by atoms with Gasteiger partial charge in [-0.1, -0.05) is 76.8 Å². The Morgan fingerprint density at radius 2 is 1.85 bits per heavy atom. The third kappa shape index (κ3) is 4.19. The molecule has 1 aliphatic heterocycles. The van der Waals surface area contributed by atoms with Crippen LogP contribution in [0.2, 0.25) is 0 Å². The van der Waals surface area contributed by atoms with Gasteiger partial charge in [0, 0.05) is 5.41 Å². The fourth-order valence-corrected chi connectivity index (χ4v) is 3.90. The van der Waals surface area contributed by atoms with Gasteiger partial charge in [0.05, 0.1) is 0 Å². The highest BCUT2D eigenvalue weighted by molar-refractivity contribution is 5.84. The highest BCUT2D eigenvalue weighted by Gasteiger charge is 2.51. The molecule has 1 aromatic rings. The van der Waals surface area contributed by atoms with E-state index >= 15 is 0 Å². The standard InChI is InChI=1S/C21H29NO4/c1-21(2,3)19-22(20(24)25-14-16-11-5-4-6-12-16)17(18(23)26-19)13-15-9-7-8-10-15/h4-6,11-12,15,17,19H,7-10,13-14H2,1-3H3/t17-,19+/m0/s1. The van der Waals surface area contributed by atoms with E-state index < -0.39 is 18.4 Å². The largest absolute Gasteiger partial charge is 0.444 e. The van der Waals surface area contributed by atoms with Crippen LogP contribution in [0.15, 0.2) is 30.3 Å². The first-order chi connectivity index (χ1) is 12.4. The van der Waals surface area contributed by atoms with Gasteiger partial charge in [-0.2, -0.15) is 0 Å². The van der Waals surface area contributed by atoms with Crippen molar-refractivity contribution >= 4 is 12.1 Å². The number of hydrogen-bond donors (Lipinski definition) is 0. The van der Waals surface area contributed by atoms with E-state index in [0.717, 1.165) is 18.4 Å². The predicted octanol–water partition coefficient (Wildman–Crippen LogP) is 4.50. The number of ether oxygens (including phenoxy) is 2. The molecular weight excluding hydrogens is 330 g/mol. The molecule has 1 saturated heterocycles. The van der Waals surface area contributed by atoms with Gasteiger partial charge in [-0.15, -0.1) is 0 Å². The number of benzene rings is 1. The minimum atomic E-state index is -0.593. The van der Waals surface area contributed by atoms with Crippen molar-refractivity contribution in [3.05, 3.63) is 35.9 Å². The second-order valence-electron chi connectivity index (χ2n) is 8.50. The highest BCUT2D eigenvalue weighted by atomic mass is 16.6. The number of esters is 1. The van der Waals surface area contributed by atoms with E-state index in [4.69, 9.17) is 9.47 Å². The molecule has 5 heteroatoms. The van der Waals surface area contributed by atoms with Gasteiger partial charge in [0.1, 0.15) is 12.6 Å². The van der Waals surface area contributed by atoms with Crippen molar-refractivity contribution in [2.24, 2.45) is 11.3 Å². The summed E-state index contributed by atoms with van der Waals surface area (Å²) in [5.74, 6) is 0.184. The van der Waals surface area contributed by atoms with Crippen LogP contribution >= 0.6 is 0 Å². The van der Waals surface area contributed by atoms with Crippen molar-refractivity contribution in [2.45, 2.75) is 71.8 Å². The number of cyclic esters (lactones) is 1. The molecule has 0 radical (unpaired) electrons. The monoisotopic (exact) mass is 359 g/mol. The molecule has 1 amide bonds. The number of carbonyl (C=O) groups is 2. The Balaban J connectivity index is 1.74. The van der Waals surface area contributed by atoms with Crippen LogP contribution in [0.25, 0.3) is 0 Å². The molecule has 26 heavy (non-hydrogen) atoms. The Bertz CT molecular complexity index is 631. The lowest BCUT2D eigenvalue weighted by Gasteiger charge is -2.34. The molecule has 0 unspecified atom stereocenters. The fraction of sp³-hybridized carbons (Fsp3) is 0.619. The van der Waals surface area contributed by atoms with Crippen molar-refractivity contribution in [3.8, 4) is 0 Å². The van der Waals surface area contributed by atoms with Gasteiger partial charge in [0.25, 0.3) is 0 Å². The molecule has 5 nitrogen and oxygen atoms in total. The summed E-state index contributed by atoms with van der Waals surface area (Å²) in [4.78, 5) is 27.0. The Morgan fingerprint density at radius 3 is 2.46 bits per heavy atom. The van der Waals surface area contributed by atoms with E-state index in [0.29, 0.717) is 12.3 Å². The lowest BCUT2D eigenvalue weighted by atomic mass is 9.92. The Kier molecular flexibility index (Phi) is 5.54. The van der Waals surface area contributed by atoms with E-state index in [1.165, 1.54) is 12.8 Å². The van der Waals surface area contributed by atoms with Crippen molar-refractivity contribution in [1.82, 2.24) is 4.90 Å². The molecule has 142 valence electrons. The number of carbonyl (C=O) groups excluding carboxylic acids is 2. The first-order valence-corrected chi connectivity index (χ1v) is 9.56. The maximum Gasteiger partial charge on any atom is 0.413 e. The second kappa shape index (κ2) is 7.68. The fourth-order valence-electron chi connectivity index (χ4n) is 3.90. The van der Waals surface area contributed by atoms with Gasteiger partial charge in [0.2, 0.25) is 0 Å². The maximum atomic E-state index is 12.9. The molecular formula is C21H29NO4. The van der Waals surface area contributed by atoms with Crippen molar-refractivity contribution < 1.29 is 19.1 Å². The quantitative estimate of drug-likeness (QED) is 0.743. The van der Waals surface area contributed by atoms with E-state index in [-0.39, 0.29) is 18.0 Å². The lowest BCUT2D eigenvalue weighted by molar-refractivity contribution is -0.147. The van der Waals surface area contributed by atoms with Crippen LogP contribution < -0.4 is 0 Å². The molecule has 0 aromatic heterocycles. The summed E-state index contributed by atoms with van der Waals surface area (Å²) in [6.07, 6.45) is 4.26. The van der Waals surface area contributed by atoms with E-state index in [1.807, 2.05) is 51.1 Å². The normalized spacial score (nSPS) is 24.0. The first kappa shape index (κ1) is 18.7. The molecule has 2 aliphatic rings. The zero-order chi connectivity index (χ0) is 18.7. The van der Waals surface area contributed by atoms with Crippen LogP contribution in [-0.4, -0.2) is 29.2 Å². The van der Waals surface area contributed by atoms with Gasteiger partial charge in [0.15, 0.2) is 6.23 Å². The van der Waals surface area contributed by atoms with Crippen molar-refractivity contribution in [3.63, 3.8) is 0 Å². The number of amides is 1. The van der Waals surface area contributed by atoms with E-state index in [1.54, 1.807) is 4.90 Å². The molecule has 2 atom stereocenters. The molecule has 2 fully saturated rings. The second-order valence-corrected chi connectivity index (χ2v) is 8.50. The van der Waals surface area contributed by atoms with Gasteiger partial charge in [-0.3, -0.25) is 4.90 Å². The molecule has 0 spiro atoms. The minimum Gasteiger partial charge on any atom is -0.444 e. The minimum absolute atomic E-state index is 0.192. The summed E-state index contributed by atoms with van der Waals surface area (Å²) in [6.45, 7) is 6.11. The number of hydrogen-bond acceptors (Lipinski definition) is 4. The number of nitrogens with zero attached hydrogens (tertiary/aromatic N) is 1. The molecule has 0 bridgehead atoms. The lowest BCUT2D eigenvalue weighted by Crippen LogP contribution is -2.48. The Labute approximate surface area is 155 Å². The van der Waals surface area contributed by atoms with E-state index in [2.05, 4.69) is 0 Å². The number of rotatable bonds is 4. The van der Waals surface area contributed by atoms with Crippen LogP contribution in [0.3, 0.4) is 0 Å². The predicted molar refractivity (Wildman–Crippen MR) is 98.2 cm³/mol. The summed E-state index contributed by atoms with van der Waals surface area (Å²) in [6, 6.07) is 9.03. The summed E-state index contributed by atoms with van der Waals surface area (Å²) < 4.78 is 11.2. The SMILES string of the molecule is CC(C)(C)[C@H]1OC(=O)[C@H](CC2CCCC2)N1C(=O)OCc1ccccc1. The van der Waals surface area contributed by atoms with Gasteiger partial charge < -0.3 is 9.47 Å². The van der Waals surface area contributed by atoms with Gasteiger partial charge >= 0.3 is 12.1 Å². The third-order valence-corrected chi connectivity index (χ3v) is 5.28. The van der Waals surface area contributed by atoms with Crippen LogP contribution in [0.1, 0.15) is 58.4 Å². The summed E-state index contributed by atoms with van der Waals surface area (Å²) >= 11 is 0. The molecule has 1 aromatic carbocycles. The van der Waals surface area contributed by atoms with E-state index in [9.17, 15) is 9.59 Å². The summed E-state index contributed by atoms with van der Waals surface area (Å²) in [5.41, 5.74) is 0.554. The third-order valence-electron chi connectivity index (χ3n) is 5.28. The average molecular weight is 359 g/mol. The summed E-state index contributed by atoms with van der Waals surface area (Å²) in [5, 5.41) is 0. The van der Waals surface area contributed by atoms with Crippen molar-refractivity contribution in [2.75, 3.05) is 0 Å². The molecule has 1 saturated carbocycles. The van der Waals surface area contributed by atoms with Crippen LogP contribution in [0.5, 0.6) is 0 Å². The summed E-state index contributed by atoms with van der Waals surface area (Å²) in [7, 11) is 0. The Hall–Kier alpha value is -2.04.